The van der Waals surface area contributed by atoms with E-state index in [1.165, 1.54) is 77.2 Å². The van der Waals surface area contributed by atoms with Gasteiger partial charge in [0, 0.05) is 16.2 Å². The van der Waals surface area contributed by atoms with Crippen LogP contribution >= 0.6 is 0 Å². The van der Waals surface area contributed by atoms with Crippen LogP contribution in [0.1, 0.15) is 60.4 Å². The average Bonchev–Trinajstić information content (AvgIpc) is 3.54. The average molecular weight is 639 g/mol. The van der Waals surface area contributed by atoms with E-state index >= 15 is 0 Å². The summed E-state index contributed by atoms with van der Waals surface area (Å²) in [5.41, 5.74) is 17.1. The van der Waals surface area contributed by atoms with Crippen LogP contribution in [0.3, 0.4) is 0 Å². The minimum absolute atomic E-state index is 0.0184. The second-order valence-electron chi connectivity index (χ2n) is 15.7. The van der Waals surface area contributed by atoms with Crippen molar-refractivity contribution in [2.75, 3.05) is 0 Å². The summed E-state index contributed by atoms with van der Waals surface area (Å²) in [5.74, 6) is 0.599. The van der Waals surface area contributed by atoms with Crippen LogP contribution in [0.25, 0.3) is 55.3 Å². The summed E-state index contributed by atoms with van der Waals surface area (Å²) >= 11 is 0. The van der Waals surface area contributed by atoms with Gasteiger partial charge in [0.1, 0.15) is 11.2 Å². The molecule has 2 heteroatoms. The molecule has 2 atom stereocenters. The Kier molecular flexibility index (Phi) is 6.40. The van der Waals surface area contributed by atoms with Gasteiger partial charge in [0.15, 0.2) is 0 Å². The molecule has 236 valence electrons. The highest BCUT2D eigenvalue weighted by molar-refractivity contribution is 6.90. The van der Waals surface area contributed by atoms with Gasteiger partial charge in [-0.1, -0.05) is 150 Å². The highest BCUT2D eigenvalue weighted by atomic mass is 28.3. The number of hydrogen-bond donors (Lipinski definition) is 0. The molecule has 0 N–H and O–H groups in total. The fourth-order valence-corrected chi connectivity index (χ4v) is 10.4. The summed E-state index contributed by atoms with van der Waals surface area (Å²) in [5, 5.41) is 3.89. The Hall–Kier alpha value is -4.66. The van der Waals surface area contributed by atoms with Crippen LogP contribution in [0, 0.1) is 0 Å². The minimum atomic E-state index is -1.59. The van der Waals surface area contributed by atoms with Crippen LogP contribution in [-0.2, 0) is 11.8 Å². The number of para-hydroxylation sites is 2. The van der Waals surface area contributed by atoms with Gasteiger partial charge in [-0.25, -0.2) is 0 Å². The number of fused-ring (bicyclic) bond motifs is 9. The van der Waals surface area contributed by atoms with Gasteiger partial charge >= 0.3 is 0 Å². The molecule has 0 saturated heterocycles. The maximum Gasteiger partial charge on any atom is 0.138 e. The molecule has 48 heavy (non-hydrogen) atoms. The Morgan fingerprint density at radius 1 is 0.583 bits per heavy atom. The lowest BCUT2D eigenvalue weighted by Gasteiger charge is -2.24. The maximum atomic E-state index is 6.95. The van der Waals surface area contributed by atoms with E-state index in [1.54, 1.807) is 0 Å². The van der Waals surface area contributed by atoms with Gasteiger partial charge in [0.25, 0.3) is 0 Å². The van der Waals surface area contributed by atoms with E-state index in [4.69, 9.17) is 4.42 Å². The third-order valence-electron chi connectivity index (χ3n) is 11.6. The third-order valence-corrected chi connectivity index (χ3v) is 13.6. The summed E-state index contributed by atoms with van der Waals surface area (Å²) < 4.78 is 6.95. The fourth-order valence-electron chi connectivity index (χ4n) is 8.95. The van der Waals surface area contributed by atoms with Gasteiger partial charge in [0.2, 0.25) is 0 Å². The van der Waals surface area contributed by atoms with Crippen molar-refractivity contribution in [3.8, 4) is 33.4 Å². The van der Waals surface area contributed by atoms with Crippen LogP contribution < -0.4 is 5.19 Å². The second kappa shape index (κ2) is 10.4. The molecule has 0 saturated carbocycles. The van der Waals surface area contributed by atoms with E-state index < -0.39 is 8.07 Å². The van der Waals surface area contributed by atoms with Gasteiger partial charge in [0.05, 0.1) is 8.07 Å². The van der Waals surface area contributed by atoms with Crippen molar-refractivity contribution in [1.29, 1.82) is 0 Å². The molecule has 0 amide bonds. The lowest BCUT2D eigenvalue weighted by Crippen LogP contribution is -2.37. The van der Waals surface area contributed by atoms with Crippen LogP contribution in [0.15, 0.2) is 126 Å². The number of hydrogen-bond acceptors (Lipinski definition) is 1. The van der Waals surface area contributed by atoms with Crippen molar-refractivity contribution >= 4 is 35.2 Å². The third kappa shape index (κ3) is 4.28. The molecule has 0 aliphatic heterocycles. The molecular weight excluding hydrogens is 597 g/mol. The molecule has 0 fully saturated rings. The van der Waals surface area contributed by atoms with Crippen molar-refractivity contribution in [3.63, 3.8) is 0 Å². The molecular formula is C46H42OSi. The summed E-state index contributed by atoms with van der Waals surface area (Å²) in [6.07, 6.45) is 0.976. The Labute approximate surface area is 285 Å². The minimum Gasteiger partial charge on any atom is -0.456 e. The molecule has 1 heterocycles. The SMILES string of the molecule is CC1c2ccc(-c3ccc4c(c3)C(C)(C)c3ccccc3-4)cc2-c2ccccc2CC1c1cccc2c1oc1c([Si](C)(C)C)cccc12. The summed E-state index contributed by atoms with van der Waals surface area (Å²) in [4.78, 5) is 0. The predicted octanol–water partition coefficient (Wildman–Crippen LogP) is 12.2. The molecule has 2 aliphatic rings. The van der Waals surface area contributed by atoms with Gasteiger partial charge in [-0.05, 0) is 96.8 Å². The first kappa shape index (κ1) is 29.5. The number of rotatable bonds is 3. The number of benzene rings is 6. The van der Waals surface area contributed by atoms with Gasteiger partial charge in [-0.2, -0.15) is 0 Å². The molecule has 7 aromatic rings. The fraction of sp³-hybridized carbons (Fsp3) is 0.217. The van der Waals surface area contributed by atoms with Crippen molar-refractivity contribution < 1.29 is 4.42 Å². The Bertz CT molecular complexity index is 2420. The molecule has 9 rings (SSSR count). The van der Waals surface area contributed by atoms with Crippen LogP contribution in [0.4, 0.5) is 0 Å². The molecule has 6 aromatic carbocycles. The van der Waals surface area contributed by atoms with E-state index in [2.05, 4.69) is 162 Å². The highest BCUT2D eigenvalue weighted by Gasteiger charge is 2.36. The lowest BCUT2D eigenvalue weighted by molar-refractivity contribution is 0.568. The lowest BCUT2D eigenvalue weighted by atomic mass is 9.79. The van der Waals surface area contributed by atoms with Crippen molar-refractivity contribution in [3.05, 3.63) is 149 Å². The van der Waals surface area contributed by atoms with E-state index in [0.717, 1.165) is 17.6 Å². The van der Waals surface area contributed by atoms with Crippen molar-refractivity contribution in [1.82, 2.24) is 0 Å². The normalized spacial score (nSPS) is 17.9. The standard InChI is InChI=1S/C46H42OSi/c1-28-32-23-21-29(30-22-24-35-34-15-9-10-19-41(34)46(2,3)42(35)27-30)25-40(32)33-14-8-7-13-31(33)26-39(28)38-17-11-16-36-37-18-12-20-43(48(4,5)6)45(37)47-44(36)38/h7-25,27-28,39H,26H2,1-6H3. The Balaban J connectivity index is 1.18. The number of furan rings is 1. The molecule has 1 nitrogen and oxygen atoms in total. The van der Waals surface area contributed by atoms with E-state index in [0.29, 0.717) is 5.92 Å². The molecule has 0 bridgehead atoms. The zero-order valence-electron chi connectivity index (χ0n) is 28.8. The zero-order valence-corrected chi connectivity index (χ0v) is 29.8. The Morgan fingerprint density at radius 3 is 2.06 bits per heavy atom. The molecule has 0 spiro atoms. The first-order valence-electron chi connectivity index (χ1n) is 17.5. The van der Waals surface area contributed by atoms with Crippen LogP contribution in [-0.4, -0.2) is 8.07 Å². The quantitative estimate of drug-likeness (QED) is 0.176. The molecule has 2 aliphatic carbocycles. The largest absolute Gasteiger partial charge is 0.456 e. The van der Waals surface area contributed by atoms with E-state index in [9.17, 15) is 0 Å². The smallest absolute Gasteiger partial charge is 0.138 e. The van der Waals surface area contributed by atoms with Crippen LogP contribution in [0.2, 0.25) is 19.6 Å². The van der Waals surface area contributed by atoms with Crippen molar-refractivity contribution in [2.24, 2.45) is 0 Å². The first-order valence-corrected chi connectivity index (χ1v) is 21.0. The monoisotopic (exact) mass is 638 g/mol. The van der Waals surface area contributed by atoms with Crippen molar-refractivity contribution in [2.45, 2.75) is 64.1 Å². The van der Waals surface area contributed by atoms with E-state index in [1.807, 2.05) is 0 Å². The maximum absolute atomic E-state index is 6.95. The van der Waals surface area contributed by atoms with E-state index in [-0.39, 0.29) is 11.3 Å². The zero-order chi connectivity index (χ0) is 32.9. The summed E-state index contributed by atoms with van der Waals surface area (Å²) in [6, 6.07) is 45.9. The first-order chi connectivity index (χ1) is 23.1. The van der Waals surface area contributed by atoms with Crippen LogP contribution in [0.5, 0.6) is 0 Å². The summed E-state index contributed by atoms with van der Waals surface area (Å²) in [6.45, 7) is 14.4. The topological polar surface area (TPSA) is 13.1 Å². The highest BCUT2D eigenvalue weighted by Crippen LogP contribution is 2.51. The van der Waals surface area contributed by atoms with Gasteiger partial charge < -0.3 is 4.42 Å². The van der Waals surface area contributed by atoms with Gasteiger partial charge in [-0.15, -0.1) is 0 Å². The molecule has 2 unspecified atom stereocenters. The second-order valence-corrected chi connectivity index (χ2v) is 20.8. The Morgan fingerprint density at radius 2 is 1.25 bits per heavy atom. The molecule has 0 radical (unpaired) electrons. The summed E-state index contributed by atoms with van der Waals surface area (Å²) in [7, 11) is -1.59. The predicted molar refractivity (Wildman–Crippen MR) is 206 cm³/mol. The van der Waals surface area contributed by atoms with Gasteiger partial charge in [-0.3, -0.25) is 0 Å². The molecule has 1 aromatic heterocycles.